The summed E-state index contributed by atoms with van der Waals surface area (Å²) < 4.78 is 0. The van der Waals surface area contributed by atoms with Crippen LogP contribution in [0.1, 0.15) is 56.9 Å². The summed E-state index contributed by atoms with van der Waals surface area (Å²) in [5.41, 5.74) is 5.31. The number of nitrogens with two attached hydrogens (primary N) is 3. The van der Waals surface area contributed by atoms with E-state index in [0.29, 0.717) is 0 Å². The number of nitrogens with one attached hydrogen (secondary N) is 1. The van der Waals surface area contributed by atoms with E-state index in [1.165, 1.54) is 12.1 Å². The highest BCUT2D eigenvalue weighted by molar-refractivity contribution is 6.29. The number of phenolic OH excluding ortho intramolecular Hbond substituents is 2. The minimum absolute atomic E-state index is 0.00436. The Labute approximate surface area is 324 Å². The van der Waals surface area contributed by atoms with Crippen LogP contribution in [-0.2, 0) is 19.2 Å². The number of carbonyl (C=O) groups excluding carboxylic acids is 6. The molecular weight excluding hydrogens is 768 g/mol. The lowest BCUT2D eigenvalue weighted by Gasteiger charge is -2.48. The molecule has 0 saturated carbocycles. The number of rotatable bonds is 3. The molecule has 0 fully saturated rings. The van der Waals surface area contributed by atoms with Gasteiger partial charge in [0.15, 0.2) is 28.5 Å². The lowest BCUT2D eigenvalue weighted by atomic mass is 9.58. The molecule has 0 aromatic heterocycles. The van der Waals surface area contributed by atoms with Gasteiger partial charge in [0.1, 0.15) is 39.9 Å². The van der Waals surface area contributed by atoms with Crippen molar-refractivity contribution in [1.82, 2.24) is 0 Å². The molecule has 0 aliphatic heterocycles. The van der Waals surface area contributed by atoms with Crippen LogP contribution < -0.4 is 22.5 Å². The van der Waals surface area contributed by atoms with Crippen LogP contribution in [0.5, 0.6) is 11.5 Å². The Hall–Kier alpha value is -6.42. The molecule has 0 heterocycles. The van der Waals surface area contributed by atoms with Crippen LogP contribution >= 0.6 is 0 Å². The number of benzene rings is 2. The number of ketones is 4. The predicted molar refractivity (Wildman–Crippen MR) is 190 cm³/mol. The first kappa shape index (κ1) is 38.5. The first-order chi connectivity index (χ1) is 27.1. The van der Waals surface area contributed by atoms with E-state index < -0.39 is 181 Å². The van der Waals surface area contributed by atoms with Gasteiger partial charge in [0, 0.05) is 34.8 Å². The third-order valence-electron chi connectivity index (χ3n) is 12.6. The predicted octanol–water partition coefficient (Wildman–Crippen LogP) is -1.52. The summed E-state index contributed by atoms with van der Waals surface area (Å²) in [5, 5.41) is 114. The molecule has 0 spiro atoms. The van der Waals surface area contributed by atoms with Crippen molar-refractivity contribution in [1.29, 1.82) is 0 Å². The molecule has 10 atom stereocenters. The number of aliphatic hydroxyl groups excluding tert-OH is 6. The van der Waals surface area contributed by atoms with Gasteiger partial charge in [0.25, 0.3) is 11.8 Å². The molecule has 8 rings (SSSR count). The molecule has 6 aliphatic rings. The van der Waals surface area contributed by atoms with Crippen LogP contribution in [0.25, 0.3) is 0 Å². The Morgan fingerprint density at radius 2 is 1.14 bits per heavy atom. The van der Waals surface area contributed by atoms with Crippen LogP contribution in [0.2, 0.25) is 0 Å². The molecular formula is C38H34N4O16. The van der Waals surface area contributed by atoms with E-state index in [2.05, 4.69) is 5.32 Å². The highest BCUT2D eigenvalue weighted by Crippen LogP contribution is 2.56. The minimum Gasteiger partial charge on any atom is -0.510 e. The zero-order chi connectivity index (χ0) is 42.4. The molecule has 2 aromatic carbocycles. The average Bonchev–Trinajstić information content (AvgIpc) is 3.16. The number of aliphatic hydroxyl groups is 8. The van der Waals surface area contributed by atoms with Gasteiger partial charge in [-0.3, -0.25) is 28.8 Å². The summed E-state index contributed by atoms with van der Waals surface area (Å²) >= 11 is 0. The third kappa shape index (κ3) is 4.54. The fourth-order valence-corrected chi connectivity index (χ4v) is 9.64. The molecule has 17 N–H and O–H groups in total. The van der Waals surface area contributed by atoms with Gasteiger partial charge in [-0.15, -0.1) is 0 Å². The largest absolute Gasteiger partial charge is 0.510 e. The van der Waals surface area contributed by atoms with Crippen LogP contribution in [0.4, 0.5) is 5.69 Å². The van der Waals surface area contributed by atoms with E-state index in [1.54, 1.807) is 0 Å². The van der Waals surface area contributed by atoms with Crippen LogP contribution in [-0.4, -0.2) is 109 Å². The zero-order valence-corrected chi connectivity index (χ0v) is 29.6. The van der Waals surface area contributed by atoms with Crippen molar-refractivity contribution in [2.45, 2.75) is 48.3 Å². The standard InChI is InChI=1S/C38H34N4O16/c39-22-12-7-11-19(32(52)37(12,57)33(53)20(29(22)49)35(41)55)28(48)17-9(25(11)45)4-5-14(26(17)46)42-36(56)21-30(50)23(40)13-6-10-18(31(51)38(13,58)34(21)54)27(47)16-8(24(10)44)2-1-3-15(16)43/h1-5,10-13,22-25,43-46,49-52,57-58H,6-7,39-40H2,(H2,41,55)(H,42,56)/t10-,11-,12-,13-,22-,23-,24+,25+,37-,38-/m0/s1. The molecule has 20 nitrogen and oxygen atoms in total. The van der Waals surface area contributed by atoms with Crippen molar-refractivity contribution in [2.24, 2.45) is 40.9 Å². The molecule has 0 radical (unpaired) electrons. The van der Waals surface area contributed by atoms with Crippen LogP contribution in [0.3, 0.4) is 0 Å². The van der Waals surface area contributed by atoms with Crippen LogP contribution in [0.15, 0.2) is 75.7 Å². The SMILES string of the molecule is NC(=O)C1=C(O)[C@@H](N)[C@@H]2C[C@H]3C(=C(O)[C@]2(O)C1=O)C(=O)c1c(ccc(NC(=O)C2=C(O)[C@@H](N)[C@@H]4C[C@H]5C(=C(O)[C@]4(O)C2=O)C(=O)c2c(O)cccc2[C@H]5O)c1O)[C@H]3O. The second-order valence-corrected chi connectivity index (χ2v) is 15.2. The van der Waals surface area contributed by atoms with Gasteiger partial charge in [-0.1, -0.05) is 18.2 Å². The van der Waals surface area contributed by atoms with E-state index in [0.717, 1.165) is 18.2 Å². The Bertz CT molecular complexity index is 2520. The molecule has 2 amide bonds. The van der Waals surface area contributed by atoms with Crippen LogP contribution in [0, 0.1) is 23.7 Å². The van der Waals surface area contributed by atoms with Gasteiger partial charge in [-0.2, -0.15) is 0 Å². The van der Waals surface area contributed by atoms with Crippen molar-refractivity contribution in [2.75, 3.05) is 5.32 Å². The Morgan fingerprint density at radius 3 is 1.66 bits per heavy atom. The normalized spacial score (nSPS) is 34.2. The zero-order valence-electron chi connectivity index (χ0n) is 29.6. The number of fused-ring (bicyclic) bond motifs is 6. The summed E-state index contributed by atoms with van der Waals surface area (Å²) in [5.74, 6) is -20.9. The molecule has 2 aromatic rings. The highest BCUT2D eigenvalue weighted by Gasteiger charge is 2.65. The Kier molecular flexibility index (Phi) is 8.15. The number of primary amides is 1. The number of phenols is 2. The van der Waals surface area contributed by atoms with Gasteiger partial charge < -0.3 is 73.6 Å². The summed E-state index contributed by atoms with van der Waals surface area (Å²) in [6.45, 7) is 0. The van der Waals surface area contributed by atoms with Crippen molar-refractivity contribution in [3.63, 3.8) is 0 Å². The summed E-state index contributed by atoms with van der Waals surface area (Å²) in [7, 11) is 0. The fourth-order valence-electron chi connectivity index (χ4n) is 9.64. The topological polar surface area (TPSA) is 395 Å². The summed E-state index contributed by atoms with van der Waals surface area (Å²) in [6.07, 6.45) is -4.31. The molecule has 6 aliphatic carbocycles. The number of anilines is 1. The first-order valence-electron chi connectivity index (χ1n) is 17.7. The van der Waals surface area contributed by atoms with E-state index in [1.807, 2.05) is 0 Å². The third-order valence-corrected chi connectivity index (χ3v) is 12.6. The second kappa shape index (κ2) is 12.3. The molecule has 0 bridgehead atoms. The molecule has 58 heavy (non-hydrogen) atoms. The molecule has 0 saturated heterocycles. The Balaban J connectivity index is 1.16. The van der Waals surface area contributed by atoms with Crippen molar-refractivity contribution in [3.8, 4) is 11.5 Å². The van der Waals surface area contributed by atoms with E-state index in [-0.39, 0.29) is 11.1 Å². The number of carbonyl (C=O) groups is 6. The lowest BCUT2D eigenvalue weighted by Crippen LogP contribution is -2.63. The van der Waals surface area contributed by atoms with Gasteiger partial charge in [0.05, 0.1) is 41.1 Å². The highest BCUT2D eigenvalue weighted by atomic mass is 16.4. The maximum Gasteiger partial charge on any atom is 0.263 e. The number of aromatic hydroxyl groups is 2. The van der Waals surface area contributed by atoms with Crippen molar-refractivity contribution in [3.05, 3.63) is 97.9 Å². The van der Waals surface area contributed by atoms with Gasteiger partial charge in [-0.05, 0) is 36.1 Å². The molecule has 20 heteroatoms. The fraction of sp³-hybridized carbons (Fsp3) is 0.316. The Morgan fingerprint density at radius 1 is 0.672 bits per heavy atom. The number of hydrogen-bond donors (Lipinski definition) is 14. The van der Waals surface area contributed by atoms with E-state index in [9.17, 15) is 79.8 Å². The smallest absolute Gasteiger partial charge is 0.263 e. The molecule has 302 valence electrons. The number of hydrogen-bond acceptors (Lipinski definition) is 18. The maximum absolute atomic E-state index is 14.0. The van der Waals surface area contributed by atoms with Gasteiger partial charge in [-0.25, -0.2) is 0 Å². The minimum atomic E-state index is -3.14. The quantitative estimate of drug-likeness (QED) is 0.124. The maximum atomic E-state index is 14.0. The van der Waals surface area contributed by atoms with Gasteiger partial charge >= 0.3 is 0 Å². The lowest BCUT2D eigenvalue weighted by molar-refractivity contribution is -0.147. The monoisotopic (exact) mass is 802 g/mol. The second-order valence-electron chi connectivity index (χ2n) is 15.2. The number of Topliss-reactive ketones (excluding diaryl/α,β-unsaturated/α-hetero) is 4. The van der Waals surface area contributed by atoms with E-state index in [4.69, 9.17) is 17.2 Å². The molecule has 0 unspecified atom stereocenters. The first-order valence-corrected chi connectivity index (χ1v) is 17.7. The number of amides is 2. The summed E-state index contributed by atoms with van der Waals surface area (Å²) in [6, 6.07) is 2.43. The van der Waals surface area contributed by atoms with Crippen molar-refractivity contribution >= 4 is 40.6 Å². The van der Waals surface area contributed by atoms with E-state index >= 15 is 0 Å². The average molecular weight is 803 g/mol. The van der Waals surface area contributed by atoms with Gasteiger partial charge in [0.2, 0.25) is 11.6 Å². The van der Waals surface area contributed by atoms with Crippen molar-refractivity contribution < 1.29 is 79.8 Å². The summed E-state index contributed by atoms with van der Waals surface area (Å²) in [4.78, 5) is 80.8.